The van der Waals surface area contributed by atoms with Crippen LogP contribution in [0.3, 0.4) is 0 Å². The van der Waals surface area contributed by atoms with Crippen LogP contribution in [0.1, 0.15) is 30.6 Å². The molecule has 0 heterocycles. The van der Waals surface area contributed by atoms with E-state index in [1.54, 1.807) is 12.1 Å². The first kappa shape index (κ1) is 15.6. The highest BCUT2D eigenvalue weighted by atomic mass is 35.5. The van der Waals surface area contributed by atoms with Crippen LogP contribution in [0.5, 0.6) is 11.5 Å². The van der Waals surface area contributed by atoms with Gasteiger partial charge in [-0.05, 0) is 30.5 Å². The van der Waals surface area contributed by atoms with E-state index in [1.165, 1.54) is 13.2 Å². The molecule has 0 aliphatic carbocycles. The monoisotopic (exact) mass is 285 g/mol. The minimum absolute atomic E-state index is 0.0558. The number of nitrogens with one attached hydrogen (secondary N) is 1. The summed E-state index contributed by atoms with van der Waals surface area (Å²) in [5, 5.41) is 12.3. The number of phenols is 1. The second-order valence-corrected chi connectivity index (χ2v) is 5.44. The van der Waals surface area contributed by atoms with E-state index < -0.39 is 0 Å². The number of halogens is 1. The number of amides is 1. The SMILES string of the molecule is COc1ccc(C(=O)NCC(Cl)CC(C)C)cc1O. The fraction of sp³-hybridized carbons (Fsp3) is 0.500. The third kappa shape index (κ3) is 4.99. The van der Waals surface area contributed by atoms with Gasteiger partial charge in [-0.2, -0.15) is 0 Å². The number of carbonyl (C=O) groups is 1. The maximum absolute atomic E-state index is 11.9. The number of methoxy groups -OCH3 is 1. The normalized spacial score (nSPS) is 12.3. The lowest BCUT2D eigenvalue weighted by Crippen LogP contribution is -2.30. The number of hydrogen-bond acceptors (Lipinski definition) is 3. The Hall–Kier alpha value is -1.42. The number of carbonyl (C=O) groups excluding carboxylic acids is 1. The number of aromatic hydroxyl groups is 1. The first-order valence-electron chi connectivity index (χ1n) is 6.23. The molecule has 1 atom stereocenters. The lowest BCUT2D eigenvalue weighted by atomic mass is 10.1. The second-order valence-electron chi connectivity index (χ2n) is 4.82. The largest absolute Gasteiger partial charge is 0.504 e. The van der Waals surface area contributed by atoms with Crippen molar-refractivity contribution in [1.82, 2.24) is 5.32 Å². The van der Waals surface area contributed by atoms with E-state index in [2.05, 4.69) is 19.2 Å². The molecule has 0 radical (unpaired) electrons. The van der Waals surface area contributed by atoms with E-state index in [0.29, 0.717) is 23.8 Å². The highest BCUT2D eigenvalue weighted by Gasteiger charge is 2.12. The molecular formula is C14H20ClNO3. The lowest BCUT2D eigenvalue weighted by molar-refractivity contribution is 0.0952. The Balaban J connectivity index is 2.56. The third-order valence-electron chi connectivity index (χ3n) is 2.65. The Labute approximate surface area is 118 Å². The van der Waals surface area contributed by atoms with Crippen molar-refractivity contribution in [2.45, 2.75) is 25.6 Å². The van der Waals surface area contributed by atoms with E-state index in [0.717, 1.165) is 6.42 Å². The van der Waals surface area contributed by atoms with Crippen molar-refractivity contribution >= 4 is 17.5 Å². The minimum Gasteiger partial charge on any atom is -0.504 e. The van der Waals surface area contributed by atoms with Crippen molar-refractivity contribution in [1.29, 1.82) is 0 Å². The van der Waals surface area contributed by atoms with E-state index in [9.17, 15) is 9.90 Å². The van der Waals surface area contributed by atoms with Gasteiger partial charge >= 0.3 is 0 Å². The van der Waals surface area contributed by atoms with E-state index >= 15 is 0 Å². The molecule has 0 aliphatic rings. The number of rotatable bonds is 6. The van der Waals surface area contributed by atoms with Gasteiger partial charge < -0.3 is 15.2 Å². The van der Waals surface area contributed by atoms with Gasteiger partial charge in [0.15, 0.2) is 11.5 Å². The standard InChI is InChI=1S/C14H20ClNO3/c1-9(2)6-11(15)8-16-14(18)10-4-5-13(19-3)12(17)7-10/h4-5,7,9,11,17H,6,8H2,1-3H3,(H,16,18). The van der Waals surface area contributed by atoms with Gasteiger partial charge in [-0.1, -0.05) is 13.8 Å². The van der Waals surface area contributed by atoms with Crippen LogP contribution in [-0.2, 0) is 0 Å². The van der Waals surface area contributed by atoms with Gasteiger partial charge in [0.25, 0.3) is 5.91 Å². The molecule has 1 aromatic carbocycles. The Bertz CT molecular complexity index is 435. The van der Waals surface area contributed by atoms with Crippen LogP contribution < -0.4 is 10.1 Å². The van der Waals surface area contributed by atoms with Crippen LogP contribution in [-0.4, -0.2) is 30.0 Å². The van der Waals surface area contributed by atoms with Gasteiger partial charge in [0.2, 0.25) is 0 Å². The van der Waals surface area contributed by atoms with Crippen LogP contribution in [0.15, 0.2) is 18.2 Å². The van der Waals surface area contributed by atoms with Crippen LogP contribution in [0.2, 0.25) is 0 Å². The topological polar surface area (TPSA) is 58.6 Å². The summed E-state index contributed by atoms with van der Waals surface area (Å²) in [5.41, 5.74) is 0.381. The molecule has 106 valence electrons. The summed E-state index contributed by atoms with van der Waals surface area (Å²) in [6.07, 6.45) is 0.843. The second kappa shape index (κ2) is 7.24. The molecule has 1 amide bonds. The van der Waals surface area contributed by atoms with Gasteiger partial charge in [0.1, 0.15) is 0 Å². The Kier molecular flexibility index (Phi) is 5.96. The average Bonchev–Trinajstić information content (AvgIpc) is 2.35. The van der Waals surface area contributed by atoms with E-state index in [-0.39, 0.29) is 17.0 Å². The van der Waals surface area contributed by atoms with Gasteiger partial charge in [0, 0.05) is 12.1 Å². The summed E-state index contributed by atoms with van der Waals surface area (Å²) < 4.78 is 4.92. The molecule has 0 saturated heterocycles. The zero-order valence-electron chi connectivity index (χ0n) is 11.4. The Morgan fingerprint density at radius 1 is 1.47 bits per heavy atom. The number of phenolic OH excluding ortho intramolecular Hbond substituents is 1. The lowest BCUT2D eigenvalue weighted by Gasteiger charge is -2.13. The zero-order chi connectivity index (χ0) is 14.4. The average molecular weight is 286 g/mol. The molecule has 0 aliphatic heterocycles. The molecule has 2 N–H and O–H groups in total. The van der Waals surface area contributed by atoms with Crippen LogP contribution >= 0.6 is 11.6 Å². The maximum atomic E-state index is 11.9. The molecule has 0 bridgehead atoms. The molecule has 1 rings (SSSR count). The van der Waals surface area contributed by atoms with Crippen molar-refractivity contribution in [3.8, 4) is 11.5 Å². The smallest absolute Gasteiger partial charge is 0.251 e. The van der Waals surface area contributed by atoms with E-state index in [4.69, 9.17) is 16.3 Å². The molecule has 0 aromatic heterocycles. The third-order valence-corrected chi connectivity index (χ3v) is 2.98. The van der Waals surface area contributed by atoms with Crippen molar-refractivity contribution in [2.75, 3.05) is 13.7 Å². The fourth-order valence-electron chi connectivity index (χ4n) is 1.73. The van der Waals surface area contributed by atoms with Gasteiger partial charge in [-0.3, -0.25) is 4.79 Å². The fourth-order valence-corrected chi connectivity index (χ4v) is 2.17. The quantitative estimate of drug-likeness (QED) is 0.790. The molecule has 0 fully saturated rings. The number of hydrogen-bond donors (Lipinski definition) is 2. The molecule has 0 saturated carbocycles. The highest BCUT2D eigenvalue weighted by Crippen LogP contribution is 2.26. The number of ether oxygens (including phenoxy) is 1. The summed E-state index contributed by atoms with van der Waals surface area (Å²) in [5.74, 6) is 0.517. The zero-order valence-corrected chi connectivity index (χ0v) is 12.2. The van der Waals surface area contributed by atoms with Crippen molar-refractivity contribution in [2.24, 2.45) is 5.92 Å². The maximum Gasteiger partial charge on any atom is 0.251 e. The van der Waals surface area contributed by atoms with Crippen molar-refractivity contribution in [3.05, 3.63) is 23.8 Å². The molecule has 5 heteroatoms. The summed E-state index contributed by atoms with van der Waals surface area (Å²) in [6.45, 7) is 4.57. The summed E-state index contributed by atoms with van der Waals surface area (Å²) in [4.78, 5) is 11.9. The first-order chi connectivity index (χ1) is 8.93. The number of alkyl halides is 1. The summed E-state index contributed by atoms with van der Waals surface area (Å²) in [6, 6.07) is 4.52. The molecule has 1 aromatic rings. The van der Waals surface area contributed by atoms with E-state index in [1.807, 2.05) is 0 Å². The Morgan fingerprint density at radius 3 is 2.68 bits per heavy atom. The molecule has 4 nitrogen and oxygen atoms in total. The Morgan fingerprint density at radius 2 is 2.16 bits per heavy atom. The summed E-state index contributed by atoms with van der Waals surface area (Å²) in [7, 11) is 1.46. The van der Waals surface area contributed by atoms with Crippen LogP contribution in [0.4, 0.5) is 0 Å². The summed E-state index contributed by atoms with van der Waals surface area (Å²) >= 11 is 6.10. The number of benzene rings is 1. The first-order valence-corrected chi connectivity index (χ1v) is 6.67. The molecule has 0 spiro atoms. The van der Waals surface area contributed by atoms with Crippen molar-refractivity contribution in [3.63, 3.8) is 0 Å². The van der Waals surface area contributed by atoms with Gasteiger partial charge in [0.05, 0.1) is 12.5 Å². The molecular weight excluding hydrogens is 266 g/mol. The van der Waals surface area contributed by atoms with Crippen molar-refractivity contribution < 1.29 is 14.6 Å². The predicted molar refractivity (Wildman–Crippen MR) is 76.1 cm³/mol. The van der Waals surface area contributed by atoms with Crippen LogP contribution in [0, 0.1) is 5.92 Å². The van der Waals surface area contributed by atoms with Crippen LogP contribution in [0.25, 0.3) is 0 Å². The van der Waals surface area contributed by atoms with Gasteiger partial charge in [-0.25, -0.2) is 0 Å². The highest BCUT2D eigenvalue weighted by molar-refractivity contribution is 6.21. The molecule has 1 unspecified atom stereocenters. The minimum atomic E-state index is -0.257. The van der Waals surface area contributed by atoms with Gasteiger partial charge in [-0.15, -0.1) is 11.6 Å². The predicted octanol–water partition coefficient (Wildman–Crippen LogP) is 2.78. The molecule has 19 heavy (non-hydrogen) atoms.